The van der Waals surface area contributed by atoms with Gasteiger partial charge in [0.1, 0.15) is 0 Å². The molecule has 0 aromatic heterocycles. The number of benzene rings is 1. The molecule has 0 bridgehead atoms. The Morgan fingerprint density at radius 1 is 1.33 bits per heavy atom. The van der Waals surface area contributed by atoms with E-state index in [4.69, 9.17) is 0 Å². The molecule has 1 unspecified atom stereocenters. The standard InChI is InChI=1S/C16H19N3O2/c20-15(12-5-2-1-3-6-12)18-13-7-4-8-14(11-13)19-10-9-17-16(19)21/h1-2,4,7-8,11-12H,3,5-6,9-10H2,(H,17,21)(H,18,20). The zero-order valence-corrected chi connectivity index (χ0v) is 11.8. The molecule has 3 rings (SSSR count). The summed E-state index contributed by atoms with van der Waals surface area (Å²) in [7, 11) is 0. The summed E-state index contributed by atoms with van der Waals surface area (Å²) in [5.41, 5.74) is 1.55. The first-order valence-electron chi connectivity index (χ1n) is 7.35. The van der Waals surface area contributed by atoms with Crippen LogP contribution in [0, 0.1) is 5.92 Å². The van der Waals surface area contributed by atoms with Gasteiger partial charge in [0, 0.05) is 30.4 Å². The number of amides is 3. The molecule has 0 saturated carbocycles. The molecule has 5 heteroatoms. The van der Waals surface area contributed by atoms with Crippen LogP contribution in [-0.4, -0.2) is 25.0 Å². The van der Waals surface area contributed by atoms with Crippen molar-refractivity contribution in [3.8, 4) is 0 Å². The number of urea groups is 1. The largest absolute Gasteiger partial charge is 0.336 e. The summed E-state index contributed by atoms with van der Waals surface area (Å²) >= 11 is 0. The molecular formula is C16H19N3O2. The smallest absolute Gasteiger partial charge is 0.321 e. The fourth-order valence-electron chi connectivity index (χ4n) is 2.75. The highest BCUT2D eigenvalue weighted by molar-refractivity contribution is 5.96. The second-order valence-corrected chi connectivity index (χ2v) is 5.40. The highest BCUT2D eigenvalue weighted by Gasteiger charge is 2.22. The summed E-state index contributed by atoms with van der Waals surface area (Å²) in [6.07, 6.45) is 6.86. The average Bonchev–Trinajstić information content (AvgIpc) is 2.94. The number of allylic oxidation sites excluding steroid dienone is 2. The predicted molar refractivity (Wildman–Crippen MR) is 82.3 cm³/mol. The van der Waals surface area contributed by atoms with E-state index in [1.165, 1.54) is 0 Å². The van der Waals surface area contributed by atoms with Gasteiger partial charge in [-0.3, -0.25) is 9.69 Å². The Morgan fingerprint density at radius 2 is 2.24 bits per heavy atom. The maximum Gasteiger partial charge on any atom is 0.321 e. The van der Waals surface area contributed by atoms with E-state index in [0.717, 1.165) is 30.6 Å². The van der Waals surface area contributed by atoms with Crippen LogP contribution in [0.3, 0.4) is 0 Å². The number of carbonyl (C=O) groups is 2. The molecule has 5 nitrogen and oxygen atoms in total. The van der Waals surface area contributed by atoms with Crippen LogP contribution in [0.15, 0.2) is 36.4 Å². The van der Waals surface area contributed by atoms with Crippen LogP contribution in [0.1, 0.15) is 19.3 Å². The van der Waals surface area contributed by atoms with Gasteiger partial charge in [-0.2, -0.15) is 0 Å². The van der Waals surface area contributed by atoms with E-state index < -0.39 is 0 Å². The van der Waals surface area contributed by atoms with Crippen molar-refractivity contribution in [3.63, 3.8) is 0 Å². The lowest BCUT2D eigenvalue weighted by Gasteiger charge is -2.19. The molecule has 1 aromatic rings. The van der Waals surface area contributed by atoms with Gasteiger partial charge in [0.25, 0.3) is 0 Å². The van der Waals surface area contributed by atoms with Gasteiger partial charge in [0.15, 0.2) is 0 Å². The summed E-state index contributed by atoms with van der Waals surface area (Å²) < 4.78 is 0. The lowest BCUT2D eigenvalue weighted by molar-refractivity contribution is -0.120. The molecule has 0 spiro atoms. The van der Waals surface area contributed by atoms with E-state index >= 15 is 0 Å². The molecule has 1 atom stereocenters. The lowest BCUT2D eigenvalue weighted by atomic mass is 9.93. The monoisotopic (exact) mass is 285 g/mol. The highest BCUT2D eigenvalue weighted by atomic mass is 16.2. The van der Waals surface area contributed by atoms with Crippen molar-refractivity contribution in [3.05, 3.63) is 36.4 Å². The number of hydrogen-bond donors (Lipinski definition) is 2. The van der Waals surface area contributed by atoms with Gasteiger partial charge in [-0.25, -0.2) is 4.79 Å². The molecule has 2 aliphatic rings. The third-order valence-corrected chi connectivity index (χ3v) is 3.92. The molecule has 21 heavy (non-hydrogen) atoms. The van der Waals surface area contributed by atoms with Crippen LogP contribution in [0.2, 0.25) is 0 Å². The number of nitrogens with one attached hydrogen (secondary N) is 2. The molecule has 110 valence electrons. The van der Waals surface area contributed by atoms with E-state index in [0.29, 0.717) is 13.1 Å². The SMILES string of the molecule is O=C(Nc1cccc(N2CCNC2=O)c1)C1CC=CCC1. The number of carbonyl (C=O) groups excluding carboxylic acids is 2. The molecule has 1 fully saturated rings. The van der Waals surface area contributed by atoms with Crippen molar-refractivity contribution >= 4 is 23.3 Å². The summed E-state index contributed by atoms with van der Waals surface area (Å²) in [5.74, 6) is 0.108. The number of nitrogens with zero attached hydrogens (tertiary/aromatic N) is 1. The minimum atomic E-state index is -0.0871. The van der Waals surface area contributed by atoms with Gasteiger partial charge in [-0.1, -0.05) is 18.2 Å². The average molecular weight is 285 g/mol. The van der Waals surface area contributed by atoms with Crippen LogP contribution in [0.5, 0.6) is 0 Å². The Morgan fingerprint density at radius 3 is 2.95 bits per heavy atom. The second kappa shape index (κ2) is 5.99. The van der Waals surface area contributed by atoms with Crippen molar-refractivity contribution in [2.75, 3.05) is 23.3 Å². The first-order valence-corrected chi connectivity index (χ1v) is 7.35. The van der Waals surface area contributed by atoms with Crippen molar-refractivity contribution in [2.24, 2.45) is 5.92 Å². The van der Waals surface area contributed by atoms with Crippen molar-refractivity contribution < 1.29 is 9.59 Å². The van der Waals surface area contributed by atoms with Crippen LogP contribution in [-0.2, 0) is 4.79 Å². The Labute approximate surface area is 124 Å². The van der Waals surface area contributed by atoms with Gasteiger partial charge >= 0.3 is 6.03 Å². The third kappa shape index (κ3) is 3.07. The zero-order valence-electron chi connectivity index (χ0n) is 11.8. The van der Waals surface area contributed by atoms with Crippen LogP contribution in [0.25, 0.3) is 0 Å². The van der Waals surface area contributed by atoms with Crippen LogP contribution < -0.4 is 15.5 Å². The Bertz CT molecular complexity index is 583. The first kappa shape index (κ1) is 13.7. The van der Waals surface area contributed by atoms with Gasteiger partial charge in [-0.15, -0.1) is 0 Å². The molecule has 1 aliphatic carbocycles. The molecule has 1 aliphatic heterocycles. The summed E-state index contributed by atoms with van der Waals surface area (Å²) in [6, 6.07) is 7.35. The number of rotatable bonds is 3. The van der Waals surface area contributed by atoms with E-state index in [1.54, 1.807) is 4.90 Å². The first-order chi connectivity index (χ1) is 10.2. The number of anilines is 2. The predicted octanol–water partition coefficient (Wildman–Crippen LogP) is 2.51. The normalized spacial score (nSPS) is 21.2. The zero-order chi connectivity index (χ0) is 14.7. The second-order valence-electron chi connectivity index (χ2n) is 5.40. The molecule has 1 aromatic carbocycles. The van der Waals surface area contributed by atoms with E-state index in [1.807, 2.05) is 24.3 Å². The van der Waals surface area contributed by atoms with E-state index in [9.17, 15) is 9.59 Å². The fraction of sp³-hybridized carbons (Fsp3) is 0.375. The molecule has 2 N–H and O–H groups in total. The van der Waals surface area contributed by atoms with Crippen LogP contribution >= 0.6 is 0 Å². The maximum absolute atomic E-state index is 12.2. The number of hydrogen-bond acceptors (Lipinski definition) is 2. The Kier molecular flexibility index (Phi) is 3.90. The molecular weight excluding hydrogens is 266 g/mol. The van der Waals surface area contributed by atoms with Gasteiger partial charge in [-0.05, 0) is 37.5 Å². The molecule has 3 amide bonds. The third-order valence-electron chi connectivity index (χ3n) is 3.92. The molecule has 1 heterocycles. The summed E-state index contributed by atoms with van der Waals surface area (Å²) in [5, 5.41) is 5.73. The summed E-state index contributed by atoms with van der Waals surface area (Å²) in [4.78, 5) is 25.6. The van der Waals surface area contributed by atoms with Crippen molar-refractivity contribution in [2.45, 2.75) is 19.3 Å². The van der Waals surface area contributed by atoms with Gasteiger partial charge < -0.3 is 10.6 Å². The summed E-state index contributed by atoms with van der Waals surface area (Å²) in [6.45, 7) is 1.31. The van der Waals surface area contributed by atoms with Crippen molar-refractivity contribution in [1.82, 2.24) is 5.32 Å². The topological polar surface area (TPSA) is 61.4 Å². The maximum atomic E-state index is 12.2. The quantitative estimate of drug-likeness (QED) is 0.838. The molecule has 0 radical (unpaired) electrons. The van der Waals surface area contributed by atoms with E-state index in [2.05, 4.69) is 22.8 Å². The van der Waals surface area contributed by atoms with E-state index in [-0.39, 0.29) is 17.9 Å². The van der Waals surface area contributed by atoms with Crippen molar-refractivity contribution in [1.29, 1.82) is 0 Å². The van der Waals surface area contributed by atoms with Gasteiger partial charge in [0.2, 0.25) is 5.91 Å². The lowest BCUT2D eigenvalue weighted by Crippen LogP contribution is -2.28. The van der Waals surface area contributed by atoms with Crippen LogP contribution in [0.4, 0.5) is 16.2 Å². The fourth-order valence-corrected chi connectivity index (χ4v) is 2.75. The highest BCUT2D eigenvalue weighted by Crippen LogP contribution is 2.23. The Hall–Kier alpha value is -2.30. The Balaban J connectivity index is 1.69. The molecule has 1 saturated heterocycles. The van der Waals surface area contributed by atoms with Gasteiger partial charge in [0.05, 0.1) is 0 Å². The minimum absolute atomic E-state index is 0.0498. The minimum Gasteiger partial charge on any atom is -0.336 e.